The van der Waals surface area contributed by atoms with Crippen molar-refractivity contribution in [3.05, 3.63) is 36.6 Å². The number of aliphatic hydroxyl groups is 2. The van der Waals surface area contributed by atoms with E-state index in [0.29, 0.717) is 6.42 Å². The van der Waals surface area contributed by atoms with Crippen LogP contribution in [0.5, 0.6) is 0 Å². The molecule has 0 aliphatic carbocycles. The number of ether oxygens (including phenoxy) is 2. The molecule has 0 rings (SSSR count). The minimum absolute atomic E-state index is 0.0391. The Bertz CT molecular complexity index is 939. The van der Waals surface area contributed by atoms with Crippen molar-refractivity contribution < 1.29 is 43.0 Å². The lowest BCUT2D eigenvalue weighted by Crippen LogP contribution is -2.28. The van der Waals surface area contributed by atoms with Gasteiger partial charge in [-0.1, -0.05) is 167 Å². The van der Waals surface area contributed by atoms with Crippen LogP contribution >= 0.6 is 7.82 Å². The van der Waals surface area contributed by atoms with Gasteiger partial charge < -0.3 is 24.6 Å². The number of esters is 1. The SMILES string of the molecule is CCCCC/C=C\C/C=C\CCCCCCCC(=O)O[C@H](CO/C=C\CCCCCCCCCCCCCCCCCC)COP(=O)(O)OC[C@@H](O)CO. The minimum atomic E-state index is -4.54. The number of hydrogen-bond acceptors (Lipinski definition) is 8. The average Bonchev–Trinajstić information content (AvgIpc) is 3.16. The molecule has 1 unspecified atom stereocenters. The first-order chi connectivity index (χ1) is 26.3. The molecule has 0 spiro atoms. The highest BCUT2D eigenvalue weighted by molar-refractivity contribution is 7.47. The summed E-state index contributed by atoms with van der Waals surface area (Å²) in [6.45, 7) is 2.86. The van der Waals surface area contributed by atoms with E-state index in [1.807, 2.05) is 6.08 Å². The summed E-state index contributed by atoms with van der Waals surface area (Å²) < 4.78 is 33.1. The number of aliphatic hydroxyl groups excluding tert-OH is 2. The third kappa shape index (κ3) is 40.2. The molecule has 3 N–H and O–H groups in total. The van der Waals surface area contributed by atoms with Crippen molar-refractivity contribution in [2.24, 2.45) is 0 Å². The maximum absolute atomic E-state index is 12.6. The van der Waals surface area contributed by atoms with Crippen LogP contribution in [-0.4, -0.2) is 59.7 Å². The van der Waals surface area contributed by atoms with E-state index in [0.717, 1.165) is 51.4 Å². The molecule has 0 bridgehead atoms. The van der Waals surface area contributed by atoms with E-state index in [2.05, 4.69) is 38.2 Å². The summed E-state index contributed by atoms with van der Waals surface area (Å²) in [4.78, 5) is 22.5. The Balaban J connectivity index is 4.22. The number of hydrogen-bond donors (Lipinski definition) is 3. The van der Waals surface area contributed by atoms with Crippen molar-refractivity contribution in [2.45, 2.75) is 212 Å². The van der Waals surface area contributed by atoms with Crippen LogP contribution < -0.4 is 0 Å². The summed E-state index contributed by atoms with van der Waals surface area (Å²) in [5.74, 6) is -0.417. The Morgan fingerprint density at radius 1 is 0.574 bits per heavy atom. The van der Waals surface area contributed by atoms with E-state index < -0.39 is 45.8 Å². The molecule has 318 valence electrons. The zero-order chi connectivity index (χ0) is 39.6. The standard InChI is InChI=1S/C44H83O9P/c1-3-5-7-9-11-13-15-17-19-20-21-23-25-27-29-31-33-35-37-50-40-43(41-52-54(48,49)51-39-42(46)38-45)53-44(47)36-34-32-30-28-26-24-22-18-16-14-12-10-8-6-4-2/h12,14,18,22,35,37,42-43,45-46H,3-11,13,15-17,19-21,23-34,36,38-41H2,1-2H3,(H,48,49)/b14-12-,22-18-,37-35-/t42-,43+/m0/s1. The molecule has 0 aliphatic rings. The predicted molar refractivity (Wildman–Crippen MR) is 223 cm³/mol. The lowest BCUT2D eigenvalue weighted by atomic mass is 10.0. The van der Waals surface area contributed by atoms with Gasteiger partial charge >= 0.3 is 13.8 Å². The van der Waals surface area contributed by atoms with Crippen molar-refractivity contribution in [2.75, 3.05) is 26.4 Å². The molecular formula is C44H83O9P. The second-order valence-electron chi connectivity index (χ2n) is 14.8. The molecule has 9 nitrogen and oxygen atoms in total. The summed E-state index contributed by atoms with van der Waals surface area (Å²) in [6, 6.07) is 0. The van der Waals surface area contributed by atoms with E-state index in [4.69, 9.17) is 23.6 Å². The summed E-state index contributed by atoms with van der Waals surface area (Å²) in [7, 11) is -4.54. The van der Waals surface area contributed by atoms with Gasteiger partial charge in [0.15, 0.2) is 6.10 Å². The molecule has 0 saturated carbocycles. The molecule has 10 heteroatoms. The summed E-state index contributed by atoms with van der Waals surface area (Å²) in [5, 5.41) is 18.3. The van der Waals surface area contributed by atoms with Gasteiger partial charge in [-0.05, 0) is 57.4 Å². The molecule has 54 heavy (non-hydrogen) atoms. The molecule has 0 aliphatic heterocycles. The molecule has 0 aromatic carbocycles. The van der Waals surface area contributed by atoms with E-state index in [9.17, 15) is 19.4 Å². The molecular weight excluding hydrogens is 703 g/mol. The van der Waals surface area contributed by atoms with Crippen molar-refractivity contribution in [3.63, 3.8) is 0 Å². The van der Waals surface area contributed by atoms with Gasteiger partial charge in [0, 0.05) is 6.42 Å². The zero-order valence-electron chi connectivity index (χ0n) is 34.7. The van der Waals surface area contributed by atoms with Gasteiger partial charge in [-0.25, -0.2) is 4.57 Å². The average molecular weight is 787 g/mol. The van der Waals surface area contributed by atoms with Crippen LogP contribution in [0.15, 0.2) is 36.6 Å². The van der Waals surface area contributed by atoms with Gasteiger partial charge in [0.1, 0.15) is 12.7 Å². The van der Waals surface area contributed by atoms with Crippen LogP contribution in [0.4, 0.5) is 0 Å². The second-order valence-corrected chi connectivity index (χ2v) is 16.2. The minimum Gasteiger partial charge on any atom is -0.498 e. The smallest absolute Gasteiger partial charge is 0.472 e. The number of rotatable bonds is 42. The molecule has 0 radical (unpaired) electrons. The first-order valence-corrected chi connectivity index (χ1v) is 23.5. The van der Waals surface area contributed by atoms with E-state index in [1.165, 1.54) is 122 Å². The van der Waals surface area contributed by atoms with Crippen molar-refractivity contribution in [3.8, 4) is 0 Å². The monoisotopic (exact) mass is 787 g/mol. The van der Waals surface area contributed by atoms with Crippen LogP contribution in [0, 0.1) is 0 Å². The largest absolute Gasteiger partial charge is 0.498 e. The number of carbonyl (C=O) groups is 1. The van der Waals surface area contributed by atoms with Crippen molar-refractivity contribution in [1.82, 2.24) is 0 Å². The fraction of sp³-hybridized carbons (Fsp3) is 0.841. The highest BCUT2D eigenvalue weighted by atomic mass is 31.2. The number of phosphoric ester groups is 1. The first-order valence-electron chi connectivity index (χ1n) is 22.0. The normalized spacial score (nSPS) is 14.3. The number of allylic oxidation sites excluding steroid dienone is 5. The summed E-state index contributed by atoms with van der Waals surface area (Å²) in [5.41, 5.74) is 0. The molecule has 0 heterocycles. The topological polar surface area (TPSA) is 132 Å². The fourth-order valence-corrected chi connectivity index (χ4v) is 6.79. The molecule has 0 aromatic heterocycles. The van der Waals surface area contributed by atoms with Crippen LogP contribution in [0.2, 0.25) is 0 Å². The number of phosphoric acid groups is 1. The lowest BCUT2D eigenvalue weighted by molar-refractivity contribution is -0.153. The van der Waals surface area contributed by atoms with Gasteiger partial charge in [-0.15, -0.1) is 0 Å². The predicted octanol–water partition coefficient (Wildman–Crippen LogP) is 12.4. The number of carbonyl (C=O) groups excluding carboxylic acids is 1. The Morgan fingerprint density at radius 2 is 1.00 bits per heavy atom. The highest BCUT2D eigenvalue weighted by Gasteiger charge is 2.26. The van der Waals surface area contributed by atoms with Crippen LogP contribution in [0.3, 0.4) is 0 Å². The Labute approximate surface area is 331 Å². The van der Waals surface area contributed by atoms with Gasteiger partial charge in [-0.3, -0.25) is 13.8 Å². The van der Waals surface area contributed by atoms with Gasteiger partial charge in [0.2, 0.25) is 0 Å². The first kappa shape index (κ1) is 52.5. The third-order valence-corrected chi connectivity index (χ3v) is 10.3. The maximum Gasteiger partial charge on any atom is 0.472 e. The van der Waals surface area contributed by atoms with Gasteiger partial charge in [0.25, 0.3) is 0 Å². The van der Waals surface area contributed by atoms with E-state index >= 15 is 0 Å². The molecule has 0 aromatic rings. The fourth-order valence-electron chi connectivity index (χ4n) is 6.00. The molecule has 0 fully saturated rings. The van der Waals surface area contributed by atoms with Crippen LogP contribution in [0.1, 0.15) is 200 Å². The number of unbranched alkanes of at least 4 members (excludes halogenated alkanes) is 24. The molecule has 0 saturated heterocycles. The van der Waals surface area contributed by atoms with Crippen LogP contribution in [0.25, 0.3) is 0 Å². The zero-order valence-corrected chi connectivity index (χ0v) is 35.6. The third-order valence-electron chi connectivity index (χ3n) is 9.39. The van der Waals surface area contributed by atoms with E-state index in [1.54, 1.807) is 6.26 Å². The maximum atomic E-state index is 12.6. The van der Waals surface area contributed by atoms with Crippen molar-refractivity contribution >= 4 is 13.8 Å². The lowest BCUT2D eigenvalue weighted by Gasteiger charge is -2.20. The van der Waals surface area contributed by atoms with Crippen molar-refractivity contribution in [1.29, 1.82) is 0 Å². The van der Waals surface area contributed by atoms with Gasteiger partial charge in [-0.2, -0.15) is 0 Å². The van der Waals surface area contributed by atoms with Gasteiger partial charge in [0.05, 0.1) is 26.1 Å². The summed E-state index contributed by atoms with van der Waals surface area (Å²) in [6.07, 6.45) is 44.8. The van der Waals surface area contributed by atoms with Crippen LogP contribution in [-0.2, 0) is 27.9 Å². The van der Waals surface area contributed by atoms with E-state index in [-0.39, 0.29) is 13.0 Å². The Kier molecular flexibility index (Phi) is 40.0. The highest BCUT2D eigenvalue weighted by Crippen LogP contribution is 2.43. The summed E-state index contributed by atoms with van der Waals surface area (Å²) >= 11 is 0. The Morgan fingerprint density at radius 3 is 1.52 bits per heavy atom. The Hall–Kier alpha value is -1.48. The molecule has 3 atom stereocenters. The quantitative estimate of drug-likeness (QED) is 0.0182. The molecule has 0 amide bonds. The second kappa shape index (κ2) is 41.2.